The molecule has 2 aliphatic heterocycles. The van der Waals surface area contributed by atoms with Crippen molar-refractivity contribution in [3.8, 4) is 0 Å². The Morgan fingerprint density at radius 1 is 1.19 bits per heavy atom. The summed E-state index contributed by atoms with van der Waals surface area (Å²) in [7, 11) is 3.22. The molecule has 3 amide bonds. The van der Waals surface area contributed by atoms with Crippen LogP contribution in [0, 0.1) is 17.7 Å². The largest absolute Gasteiger partial charge is 0.327 e. The van der Waals surface area contributed by atoms with Crippen molar-refractivity contribution in [3.63, 3.8) is 0 Å². The number of hydrogen-bond acceptors (Lipinski definition) is 5. The zero-order valence-corrected chi connectivity index (χ0v) is 16.9. The Balaban J connectivity index is 1.82. The quantitative estimate of drug-likeness (QED) is 0.803. The fourth-order valence-electron chi connectivity index (χ4n) is 3.67. The monoisotopic (exact) mass is 394 g/mol. The molecule has 1 aromatic rings. The van der Waals surface area contributed by atoms with Gasteiger partial charge in [0.25, 0.3) is 0 Å². The van der Waals surface area contributed by atoms with Crippen LogP contribution in [0.5, 0.6) is 0 Å². The minimum Gasteiger partial charge on any atom is -0.311 e. The average molecular weight is 395 g/mol. The molecule has 2 aliphatic rings. The molecule has 4 unspecified atom stereocenters. The first-order valence-corrected chi connectivity index (χ1v) is 10.3. The van der Waals surface area contributed by atoms with Gasteiger partial charge in [-0.1, -0.05) is 32.0 Å². The molecule has 0 aliphatic carbocycles. The molecule has 8 heteroatoms. The summed E-state index contributed by atoms with van der Waals surface area (Å²) in [6, 6.07) is 6.38. The predicted octanol–water partition coefficient (Wildman–Crippen LogP) is 2.42. The molecule has 6 nitrogen and oxygen atoms in total. The molecule has 2 saturated heterocycles. The van der Waals surface area contributed by atoms with Gasteiger partial charge < -0.3 is 4.90 Å². The molecule has 2 N–H and O–H groups in total. The molecule has 4 atom stereocenters. The van der Waals surface area contributed by atoms with Gasteiger partial charge in [0.05, 0.1) is 23.6 Å². The van der Waals surface area contributed by atoms with Crippen LogP contribution in [-0.4, -0.2) is 53.5 Å². The molecule has 1 aromatic carbocycles. The minimum atomic E-state index is -0.433. The highest BCUT2D eigenvalue weighted by atomic mass is 32.2. The van der Waals surface area contributed by atoms with E-state index in [-0.39, 0.29) is 35.5 Å². The van der Waals surface area contributed by atoms with Crippen LogP contribution in [0.4, 0.5) is 9.18 Å². The summed E-state index contributed by atoms with van der Waals surface area (Å²) in [5.74, 6) is 0.0201. The summed E-state index contributed by atoms with van der Waals surface area (Å²) in [5, 5.41) is 6.70. The molecular weight excluding hydrogens is 367 g/mol. The normalized spacial score (nSPS) is 28.7. The third kappa shape index (κ3) is 4.12. The highest BCUT2D eigenvalue weighted by molar-refractivity contribution is 7.99. The number of carbonyl (C=O) groups excluding carboxylic acids is 2. The SMILES string of the molecule is CC(C)CC1NC(SCc2ccccc2F)C2C(=O)N(C)C(=O)N(C)C2N1. The Morgan fingerprint density at radius 3 is 2.56 bits per heavy atom. The number of benzene rings is 1. The van der Waals surface area contributed by atoms with Gasteiger partial charge >= 0.3 is 6.03 Å². The van der Waals surface area contributed by atoms with Gasteiger partial charge in [-0.15, -0.1) is 11.8 Å². The van der Waals surface area contributed by atoms with Crippen molar-refractivity contribution in [3.05, 3.63) is 35.6 Å². The number of nitrogens with one attached hydrogen (secondary N) is 2. The number of amides is 3. The van der Waals surface area contributed by atoms with E-state index in [9.17, 15) is 14.0 Å². The number of carbonyl (C=O) groups is 2. The molecule has 0 spiro atoms. The molecular formula is C19H27FN4O2S. The first-order chi connectivity index (χ1) is 12.8. The van der Waals surface area contributed by atoms with Gasteiger partial charge in [0.2, 0.25) is 5.91 Å². The first kappa shape index (κ1) is 20.1. The number of rotatable bonds is 5. The molecule has 0 saturated carbocycles. The van der Waals surface area contributed by atoms with Crippen molar-refractivity contribution in [2.75, 3.05) is 14.1 Å². The molecule has 2 fully saturated rings. The van der Waals surface area contributed by atoms with Crippen LogP contribution in [0.3, 0.4) is 0 Å². The van der Waals surface area contributed by atoms with E-state index in [2.05, 4.69) is 24.5 Å². The summed E-state index contributed by atoms with van der Waals surface area (Å²) >= 11 is 1.51. The third-order valence-electron chi connectivity index (χ3n) is 5.11. The molecule has 0 aromatic heterocycles. The predicted molar refractivity (Wildman–Crippen MR) is 104 cm³/mol. The smallest absolute Gasteiger partial charge is 0.311 e. The van der Waals surface area contributed by atoms with Crippen LogP contribution in [0.25, 0.3) is 0 Å². The van der Waals surface area contributed by atoms with E-state index in [1.54, 1.807) is 24.1 Å². The van der Waals surface area contributed by atoms with Gasteiger partial charge in [0, 0.05) is 19.8 Å². The Kier molecular flexibility index (Phi) is 6.08. The van der Waals surface area contributed by atoms with Crippen LogP contribution >= 0.6 is 11.8 Å². The van der Waals surface area contributed by atoms with E-state index in [0.717, 1.165) is 6.42 Å². The highest BCUT2D eigenvalue weighted by Gasteiger charge is 2.50. The van der Waals surface area contributed by atoms with Gasteiger partial charge in [0.1, 0.15) is 5.82 Å². The summed E-state index contributed by atoms with van der Waals surface area (Å²) < 4.78 is 14.0. The van der Waals surface area contributed by atoms with Gasteiger partial charge in [-0.3, -0.25) is 20.3 Å². The Hall–Kier alpha value is -1.64. The van der Waals surface area contributed by atoms with E-state index in [0.29, 0.717) is 17.2 Å². The minimum absolute atomic E-state index is 0.0178. The van der Waals surface area contributed by atoms with Crippen LogP contribution in [-0.2, 0) is 10.5 Å². The highest BCUT2D eigenvalue weighted by Crippen LogP contribution is 2.33. The molecule has 0 radical (unpaired) electrons. The van der Waals surface area contributed by atoms with E-state index in [1.807, 2.05) is 6.07 Å². The lowest BCUT2D eigenvalue weighted by Gasteiger charge is -2.50. The van der Waals surface area contributed by atoms with Gasteiger partial charge in [-0.05, 0) is 24.0 Å². The van der Waals surface area contributed by atoms with Gasteiger partial charge in [-0.25, -0.2) is 9.18 Å². The fourth-order valence-corrected chi connectivity index (χ4v) is 5.00. The van der Waals surface area contributed by atoms with Crippen LogP contribution in [0.15, 0.2) is 24.3 Å². The van der Waals surface area contributed by atoms with Crippen molar-refractivity contribution in [2.24, 2.45) is 11.8 Å². The summed E-state index contributed by atoms with van der Waals surface area (Å²) in [4.78, 5) is 28.0. The van der Waals surface area contributed by atoms with Crippen molar-refractivity contribution in [2.45, 2.75) is 43.7 Å². The Morgan fingerprint density at radius 2 is 1.89 bits per heavy atom. The lowest BCUT2D eigenvalue weighted by molar-refractivity contribution is -0.140. The maximum Gasteiger partial charge on any atom is 0.327 e. The summed E-state index contributed by atoms with van der Waals surface area (Å²) in [6.45, 7) is 4.26. The maximum absolute atomic E-state index is 14.0. The maximum atomic E-state index is 14.0. The lowest BCUT2D eigenvalue weighted by Crippen LogP contribution is -2.74. The average Bonchev–Trinajstić information content (AvgIpc) is 2.63. The van der Waals surface area contributed by atoms with Crippen LogP contribution in [0.1, 0.15) is 25.8 Å². The summed E-state index contributed by atoms with van der Waals surface area (Å²) in [5.41, 5.74) is 0.612. The van der Waals surface area contributed by atoms with E-state index < -0.39 is 5.92 Å². The standard InChI is InChI=1S/C19H27FN4O2S/c1-11(2)9-14-21-16-15(18(25)24(4)19(26)23(16)3)17(22-14)27-10-12-7-5-6-8-13(12)20/h5-8,11,14-17,21-22H,9-10H2,1-4H3. The molecule has 0 bridgehead atoms. The van der Waals surface area contributed by atoms with Crippen LogP contribution in [0.2, 0.25) is 0 Å². The third-order valence-corrected chi connectivity index (χ3v) is 6.37. The van der Waals surface area contributed by atoms with Crippen molar-refractivity contribution in [1.29, 1.82) is 0 Å². The summed E-state index contributed by atoms with van der Waals surface area (Å²) in [6.07, 6.45) is 0.478. The number of nitrogens with zero attached hydrogens (tertiary/aromatic N) is 2. The zero-order valence-electron chi connectivity index (χ0n) is 16.1. The number of thioether (sulfide) groups is 1. The number of fused-ring (bicyclic) bond motifs is 1. The van der Waals surface area contributed by atoms with Gasteiger partial charge in [-0.2, -0.15) is 0 Å². The second kappa shape index (κ2) is 8.16. The number of halogens is 1. The zero-order chi connectivity index (χ0) is 19.7. The molecule has 148 valence electrons. The molecule has 2 heterocycles. The molecule has 3 rings (SSSR count). The Bertz CT molecular complexity index is 717. The second-order valence-electron chi connectivity index (χ2n) is 7.60. The second-order valence-corrected chi connectivity index (χ2v) is 8.73. The lowest BCUT2D eigenvalue weighted by atomic mass is 9.95. The van der Waals surface area contributed by atoms with Crippen LogP contribution < -0.4 is 10.6 Å². The van der Waals surface area contributed by atoms with E-state index in [1.165, 1.54) is 29.8 Å². The first-order valence-electron chi connectivity index (χ1n) is 9.21. The Labute approximate surface area is 163 Å². The van der Waals surface area contributed by atoms with Gasteiger partial charge in [0.15, 0.2) is 0 Å². The van der Waals surface area contributed by atoms with E-state index >= 15 is 0 Å². The topological polar surface area (TPSA) is 64.7 Å². The molecule has 27 heavy (non-hydrogen) atoms. The van der Waals surface area contributed by atoms with Crippen molar-refractivity contribution in [1.82, 2.24) is 20.4 Å². The van der Waals surface area contributed by atoms with E-state index in [4.69, 9.17) is 0 Å². The number of urea groups is 1. The number of hydrogen-bond donors (Lipinski definition) is 2. The van der Waals surface area contributed by atoms with Crippen molar-refractivity contribution < 1.29 is 14.0 Å². The fraction of sp³-hybridized carbons (Fsp3) is 0.579. The van der Waals surface area contributed by atoms with Crippen molar-refractivity contribution >= 4 is 23.7 Å². The number of imide groups is 1.